The van der Waals surface area contributed by atoms with Crippen LogP contribution in [0.5, 0.6) is 0 Å². The van der Waals surface area contributed by atoms with Gasteiger partial charge in [0.2, 0.25) is 0 Å². The van der Waals surface area contributed by atoms with Crippen molar-refractivity contribution in [3.63, 3.8) is 0 Å². The number of carboxylic acids is 1. The van der Waals surface area contributed by atoms with Gasteiger partial charge in [-0.25, -0.2) is 9.97 Å². The van der Waals surface area contributed by atoms with Gasteiger partial charge in [-0.1, -0.05) is 6.92 Å². The lowest BCUT2D eigenvalue weighted by Crippen LogP contribution is -2.41. The molecule has 2 aromatic heterocycles. The molecule has 0 aliphatic rings. The number of hydrogen-bond donors (Lipinski definition) is 1. The van der Waals surface area contributed by atoms with E-state index in [4.69, 9.17) is 0 Å². The quantitative estimate of drug-likeness (QED) is 0.836. The number of anilines is 1. The molecule has 0 radical (unpaired) electrons. The highest BCUT2D eigenvalue weighted by Gasteiger charge is 2.14. The van der Waals surface area contributed by atoms with E-state index < -0.39 is 12.0 Å². The first-order valence-electron chi connectivity index (χ1n) is 6.35. The molecule has 0 aliphatic carbocycles. The summed E-state index contributed by atoms with van der Waals surface area (Å²) in [5.41, 5.74) is 0. The molecule has 0 fully saturated rings. The zero-order chi connectivity index (χ0) is 14.5. The van der Waals surface area contributed by atoms with Crippen molar-refractivity contribution in [2.75, 3.05) is 17.3 Å². The van der Waals surface area contributed by atoms with Crippen LogP contribution in [0.4, 0.5) is 5.82 Å². The van der Waals surface area contributed by atoms with Crippen molar-refractivity contribution in [2.45, 2.75) is 25.8 Å². The van der Waals surface area contributed by atoms with Gasteiger partial charge in [0.25, 0.3) is 0 Å². The van der Waals surface area contributed by atoms with E-state index in [1.54, 1.807) is 23.1 Å². The van der Waals surface area contributed by atoms with Gasteiger partial charge in [-0.15, -0.1) is 11.3 Å². The Morgan fingerprint density at radius 3 is 3.00 bits per heavy atom. The normalized spacial score (nSPS) is 12.5. The van der Waals surface area contributed by atoms with Crippen LogP contribution in [0.15, 0.2) is 12.4 Å². The molecule has 1 N–H and O–H groups in total. The number of thiophene rings is 1. The molecule has 0 amide bonds. The summed E-state index contributed by atoms with van der Waals surface area (Å²) in [6.45, 7) is 2.08. The second kappa shape index (κ2) is 6.90. The molecule has 0 bridgehead atoms. The minimum absolute atomic E-state index is 0.500. The second-order valence-corrected chi connectivity index (χ2v) is 6.41. The van der Waals surface area contributed by atoms with Crippen LogP contribution in [-0.4, -0.2) is 34.0 Å². The van der Waals surface area contributed by atoms with E-state index in [0.29, 0.717) is 12.2 Å². The third-order valence-electron chi connectivity index (χ3n) is 2.94. The Hall–Kier alpha value is -1.34. The number of thioether (sulfide) groups is 1. The number of aliphatic carboxylic acids is 1. The highest BCUT2D eigenvalue weighted by Crippen LogP contribution is 2.28. The second-order valence-electron chi connectivity index (χ2n) is 4.30. The molecule has 1 atom stereocenters. The number of fused-ring (bicyclic) bond motifs is 1. The molecule has 20 heavy (non-hydrogen) atoms. The highest BCUT2D eigenvalue weighted by molar-refractivity contribution is 7.98. The van der Waals surface area contributed by atoms with Crippen LogP contribution < -0.4 is 10.4 Å². The average molecular weight is 310 g/mol. The lowest BCUT2D eigenvalue weighted by atomic mass is 10.2. The van der Waals surface area contributed by atoms with E-state index in [2.05, 4.69) is 22.2 Å². The van der Waals surface area contributed by atoms with E-state index in [-0.39, 0.29) is 0 Å². The standard InChI is InChI=1S/C13H17N3O2S2/c1-3-8-6-9-11(14-7-15-12(9)20-8)16-10(13(17)18)4-5-19-2/h6-7,10H,3-5H2,1-2H3,(H,17,18)(H,14,15,16)/p-1/t10-/m1/s1. The number of hydrogen-bond acceptors (Lipinski definition) is 7. The van der Waals surface area contributed by atoms with Crippen molar-refractivity contribution < 1.29 is 9.90 Å². The van der Waals surface area contributed by atoms with Crippen LogP contribution >= 0.6 is 23.1 Å². The predicted molar refractivity (Wildman–Crippen MR) is 82.2 cm³/mol. The van der Waals surface area contributed by atoms with Gasteiger partial charge in [0.05, 0.1) is 17.4 Å². The van der Waals surface area contributed by atoms with E-state index in [1.807, 2.05) is 12.3 Å². The van der Waals surface area contributed by atoms with E-state index in [9.17, 15) is 9.90 Å². The van der Waals surface area contributed by atoms with Crippen LogP contribution in [0.25, 0.3) is 10.2 Å². The van der Waals surface area contributed by atoms with Crippen molar-refractivity contribution in [1.29, 1.82) is 0 Å². The zero-order valence-electron chi connectivity index (χ0n) is 11.4. The smallest absolute Gasteiger partial charge is 0.138 e. The van der Waals surface area contributed by atoms with Crippen LogP contribution in [0.2, 0.25) is 0 Å². The maximum atomic E-state index is 11.2. The third kappa shape index (κ3) is 3.40. The van der Waals surface area contributed by atoms with Gasteiger partial charge in [-0.2, -0.15) is 11.8 Å². The predicted octanol–water partition coefficient (Wildman–Crippen LogP) is 1.54. The third-order valence-corrected chi connectivity index (χ3v) is 4.77. The fraction of sp³-hybridized carbons (Fsp3) is 0.462. The van der Waals surface area contributed by atoms with Gasteiger partial charge in [0.1, 0.15) is 17.0 Å². The number of nitrogens with zero attached hydrogens (tertiary/aromatic N) is 2. The first-order chi connectivity index (χ1) is 9.65. The Balaban J connectivity index is 2.26. The number of nitrogens with one attached hydrogen (secondary N) is 1. The van der Waals surface area contributed by atoms with E-state index in [1.165, 1.54) is 11.2 Å². The number of carbonyl (C=O) groups excluding carboxylic acids is 1. The Morgan fingerprint density at radius 1 is 1.55 bits per heavy atom. The van der Waals surface area contributed by atoms with Gasteiger partial charge >= 0.3 is 0 Å². The fourth-order valence-corrected chi connectivity index (χ4v) is 3.25. The summed E-state index contributed by atoms with van der Waals surface area (Å²) in [5.74, 6) is 0.224. The molecule has 2 rings (SSSR count). The molecule has 0 aromatic carbocycles. The summed E-state index contributed by atoms with van der Waals surface area (Å²) in [7, 11) is 0. The first-order valence-corrected chi connectivity index (χ1v) is 8.56. The van der Waals surface area contributed by atoms with E-state index >= 15 is 0 Å². The van der Waals surface area contributed by atoms with E-state index in [0.717, 1.165) is 22.4 Å². The lowest BCUT2D eigenvalue weighted by molar-refractivity contribution is -0.306. The zero-order valence-corrected chi connectivity index (χ0v) is 13.0. The molecule has 0 spiro atoms. The fourth-order valence-electron chi connectivity index (χ4n) is 1.84. The number of carbonyl (C=O) groups is 1. The molecule has 2 heterocycles. The molecule has 0 saturated heterocycles. The molecular formula is C13H16N3O2S2-. The maximum absolute atomic E-state index is 11.2. The first kappa shape index (κ1) is 15.1. The van der Waals surface area contributed by atoms with Gasteiger partial charge < -0.3 is 15.2 Å². The lowest BCUT2D eigenvalue weighted by Gasteiger charge is -2.20. The summed E-state index contributed by atoms with van der Waals surface area (Å²) >= 11 is 3.21. The molecule has 5 nitrogen and oxygen atoms in total. The summed E-state index contributed by atoms with van der Waals surface area (Å²) in [5, 5.41) is 15.0. The molecular weight excluding hydrogens is 294 g/mol. The Morgan fingerprint density at radius 2 is 2.35 bits per heavy atom. The number of aryl methyl sites for hydroxylation is 1. The van der Waals surface area contributed by atoms with Gasteiger partial charge in [0, 0.05) is 4.88 Å². The number of carboxylic acid groups (broad SMARTS) is 1. The molecule has 0 aliphatic heterocycles. The van der Waals surface area contributed by atoms with Crippen LogP contribution in [0.3, 0.4) is 0 Å². The highest BCUT2D eigenvalue weighted by atomic mass is 32.2. The monoisotopic (exact) mass is 310 g/mol. The molecule has 108 valence electrons. The minimum atomic E-state index is -1.10. The average Bonchev–Trinajstić information content (AvgIpc) is 2.87. The summed E-state index contributed by atoms with van der Waals surface area (Å²) in [6.07, 6.45) is 4.83. The largest absolute Gasteiger partial charge is 0.548 e. The van der Waals surface area contributed by atoms with Crippen molar-refractivity contribution in [3.05, 3.63) is 17.3 Å². The van der Waals surface area contributed by atoms with Crippen LogP contribution in [-0.2, 0) is 11.2 Å². The SMILES string of the molecule is CCc1cc2c(N[C@H](CCSC)C(=O)[O-])ncnc2s1. The van der Waals surface area contributed by atoms with Crippen molar-refractivity contribution in [3.8, 4) is 0 Å². The van der Waals surface area contributed by atoms with Crippen molar-refractivity contribution in [2.24, 2.45) is 0 Å². The topological polar surface area (TPSA) is 77.9 Å². The Bertz CT molecular complexity index is 600. The Labute approximate surface area is 125 Å². The van der Waals surface area contributed by atoms with Crippen molar-refractivity contribution >= 4 is 45.1 Å². The number of rotatable bonds is 7. The van der Waals surface area contributed by atoms with Crippen LogP contribution in [0, 0.1) is 0 Å². The maximum Gasteiger partial charge on any atom is 0.138 e. The minimum Gasteiger partial charge on any atom is -0.548 e. The summed E-state index contributed by atoms with van der Waals surface area (Å²) in [6, 6.07) is 1.29. The summed E-state index contributed by atoms with van der Waals surface area (Å²) < 4.78 is 0. The molecule has 0 unspecified atom stereocenters. The molecule has 0 saturated carbocycles. The van der Waals surface area contributed by atoms with Crippen LogP contribution in [0.1, 0.15) is 18.2 Å². The Kier molecular flexibility index (Phi) is 5.19. The van der Waals surface area contributed by atoms with Gasteiger partial charge in [0.15, 0.2) is 0 Å². The molecule has 2 aromatic rings. The van der Waals surface area contributed by atoms with Crippen molar-refractivity contribution in [1.82, 2.24) is 9.97 Å². The van der Waals surface area contributed by atoms with Gasteiger partial charge in [-0.3, -0.25) is 0 Å². The van der Waals surface area contributed by atoms with Gasteiger partial charge in [-0.05, 0) is 30.9 Å². The molecule has 7 heteroatoms. The number of aromatic nitrogens is 2. The summed E-state index contributed by atoms with van der Waals surface area (Å²) in [4.78, 5) is 21.7.